The molecule has 0 fully saturated rings. The average molecular weight is 428 g/mol. The number of esters is 1. The van der Waals surface area contributed by atoms with Crippen molar-refractivity contribution in [1.82, 2.24) is 4.98 Å². The largest absolute Gasteiger partial charge is 0.465 e. The minimum atomic E-state index is -0.415. The van der Waals surface area contributed by atoms with Gasteiger partial charge in [0.1, 0.15) is 0 Å². The monoisotopic (exact) mass is 428 g/mol. The van der Waals surface area contributed by atoms with Crippen LogP contribution in [-0.4, -0.2) is 29.7 Å². The molecule has 1 aromatic heterocycles. The third kappa shape index (κ3) is 3.99. The normalized spacial score (nSPS) is 14.5. The molecular formula is C23H16N4O3S. The molecule has 0 saturated carbocycles. The predicted octanol–water partition coefficient (Wildman–Crippen LogP) is 4.27. The van der Waals surface area contributed by atoms with E-state index in [-0.39, 0.29) is 5.91 Å². The Hall–Kier alpha value is -4.09. The number of nitriles is 1. The molecule has 2 heterocycles. The smallest absolute Gasteiger partial charge is 0.337 e. The maximum atomic E-state index is 13.0. The Morgan fingerprint density at radius 1 is 1.16 bits per heavy atom. The van der Waals surface area contributed by atoms with Gasteiger partial charge in [0.2, 0.25) is 5.13 Å². The molecule has 8 heteroatoms. The first-order valence-electron chi connectivity index (χ1n) is 9.26. The Morgan fingerprint density at radius 3 is 2.52 bits per heavy atom. The molecule has 2 aromatic carbocycles. The van der Waals surface area contributed by atoms with Crippen LogP contribution in [0.15, 0.2) is 64.6 Å². The number of rotatable bonds is 4. The molecular weight excluding hydrogens is 412 g/mol. The van der Waals surface area contributed by atoms with E-state index in [4.69, 9.17) is 10.00 Å². The van der Waals surface area contributed by atoms with Gasteiger partial charge in [-0.3, -0.25) is 4.79 Å². The van der Waals surface area contributed by atoms with E-state index >= 15 is 0 Å². The molecule has 1 aliphatic rings. The first kappa shape index (κ1) is 20.2. The number of hydrogen-bond acceptors (Lipinski definition) is 7. The zero-order chi connectivity index (χ0) is 22.0. The summed E-state index contributed by atoms with van der Waals surface area (Å²) in [5, 5.41) is 16.9. The third-order valence-electron chi connectivity index (χ3n) is 4.69. The molecule has 0 radical (unpaired) electrons. The molecule has 0 spiro atoms. The fraction of sp³-hybridized carbons (Fsp3) is 0.0870. The first-order chi connectivity index (χ1) is 15.0. The highest BCUT2D eigenvalue weighted by Crippen LogP contribution is 2.31. The molecule has 0 saturated heterocycles. The number of ether oxygens (including phenoxy) is 1. The van der Waals surface area contributed by atoms with E-state index in [0.29, 0.717) is 33.2 Å². The van der Waals surface area contributed by atoms with Crippen molar-refractivity contribution in [3.8, 4) is 17.3 Å². The second-order valence-corrected chi connectivity index (χ2v) is 7.51. The van der Waals surface area contributed by atoms with Gasteiger partial charge in [-0.05, 0) is 42.8 Å². The Labute approximate surface area is 182 Å². The molecule has 0 atom stereocenters. The molecule has 0 N–H and O–H groups in total. The SMILES string of the molecule is COC(=O)c1ccc(/C=C2/C(=O)N(c3nc(-c4ccc(C#N)cc4)cs3)N=C2C)cc1. The number of hydrazone groups is 1. The number of carbonyl (C=O) groups excluding carboxylic acids is 2. The van der Waals surface area contributed by atoms with Gasteiger partial charge in [0, 0.05) is 10.9 Å². The summed E-state index contributed by atoms with van der Waals surface area (Å²) in [6.45, 7) is 1.77. The van der Waals surface area contributed by atoms with E-state index in [1.54, 1.807) is 49.4 Å². The highest BCUT2D eigenvalue weighted by Gasteiger charge is 2.30. The zero-order valence-corrected chi connectivity index (χ0v) is 17.5. The van der Waals surface area contributed by atoms with Gasteiger partial charge in [-0.15, -0.1) is 11.3 Å². The van der Waals surface area contributed by atoms with Crippen LogP contribution in [0.5, 0.6) is 0 Å². The van der Waals surface area contributed by atoms with E-state index < -0.39 is 5.97 Å². The van der Waals surface area contributed by atoms with E-state index in [1.165, 1.54) is 23.5 Å². The number of carbonyl (C=O) groups is 2. The second-order valence-electron chi connectivity index (χ2n) is 6.68. The first-order valence-corrected chi connectivity index (χ1v) is 10.1. The van der Waals surface area contributed by atoms with Crippen molar-refractivity contribution < 1.29 is 14.3 Å². The number of aromatic nitrogens is 1. The minimum Gasteiger partial charge on any atom is -0.465 e. The van der Waals surface area contributed by atoms with Crippen molar-refractivity contribution >= 4 is 40.1 Å². The van der Waals surface area contributed by atoms with Gasteiger partial charge < -0.3 is 4.74 Å². The highest BCUT2D eigenvalue weighted by atomic mass is 32.1. The fourth-order valence-corrected chi connectivity index (χ4v) is 3.80. The van der Waals surface area contributed by atoms with Crippen LogP contribution in [0.25, 0.3) is 17.3 Å². The molecule has 7 nitrogen and oxygen atoms in total. The zero-order valence-electron chi connectivity index (χ0n) is 16.7. The molecule has 0 unspecified atom stereocenters. The van der Waals surface area contributed by atoms with E-state index in [9.17, 15) is 9.59 Å². The second kappa shape index (κ2) is 8.34. The van der Waals surface area contributed by atoms with Crippen molar-refractivity contribution in [3.63, 3.8) is 0 Å². The van der Waals surface area contributed by atoms with Crippen molar-refractivity contribution in [1.29, 1.82) is 5.26 Å². The fourth-order valence-electron chi connectivity index (χ4n) is 3.02. The lowest BCUT2D eigenvalue weighted by Crippen LogP contribution is -2.21. The summed E-state index contributed by atoms with van der Waals surface area (Å²) in [4.78, 5) is 29.1. The number of anilines is 1. The van der Waals surface area contributed by atoms with E-state index in [2.05, 4.69) is 16.2 Å². The maximum absolute atomic E-state index is 13.0. The number of hydrogen-bond donors (Lipinski definition) is 0. The Kier molecular flexibility index (Phi) is 5.43. The van der Waals surface area contributed by atoms with Crippen LogP contribution in [-0.2, 0) is 9.53 Å². The van der Waals surface area contributed by atoms with Gasteiger partial charge in [0.25, 0.3) is 5.91 Å². The van der Waals surface area contributed by atoms with Crippen LogP contribution in [0.3, 0.4) is 0 Å². The number of amides is 1. The minimum absolute atomic E-state index is 0.268. The van der Waals surface area contributed by atoms with Crippen LogP contribution >= 0.6 is 11.3 Å². The number of benzene rings is 2. The lowest BCUT2D eigenvalue weighted by Gasteiger charge is -2.07. The van der Waals surface area contributed by atoms with Crippen LogP contribution in [0.1, 0.15) is 28.4 Å². The summed E-state index contributed by atoms with van der Waals surface area (Å²) < 4.78 is 4.70. The van der Waals surface area contributed by atoms with Crippen LogP contribution in [0.4, 0.5) is 5.13 Å². The number of nitrogens with zero attached hydrogens (tertiary/aromatic N) is 4. The molecule has 1 aliphatic heterocycles. The molecule has 152 valence electrons. The van der Waals surface area contributed by atoms with Crippen molar-refractivity contribution in [3.05, 3.63) is 76.2 Å². The lowest BCUT2D eigenvalue weighted by atomic mass is 10.1. The molecule has 0 aliphatic carbocycles. The Morgan fingerprint density at radius 2 is 1.87 bits per heavy atom. The van der Waals surface area contributed by atoms with Gasteiger partial charge in [-0.1, -0.05) is 24.3 Å². The van der Waals surface area contributed by atoms with E-state index in [1.807, 2.05) is 17.5 Å². The number of thiazole rings is 1. The van der Waals surface area contributed by atoms with Gasteiger partial charge in [0.15, 0.2) is 0 Å². The summed E-state index contributed by atoms with van der Waals surface area (Å²) in [5.41, 5.74) is 4.38. The molecule has 0 bridgehead atoms. The number of methoxy groups -OCH3 is 1. The Bertz CT molecular complexity index is 1270. The molecule has 1 amide bonds. The average Bonchev–Trinajstić information content (AvgIpc) is 3.39. The lowest BCUT2D eigenvalue weighted by molar-refractivity contribution is -0.114. The summed E-state index contributed by atoms with van der Waals surface area (Å²) in [6.07, 6.45) is 1.73. The summed E-state index contributed by atoms with van der Waals surface area (Å²) in [7, 11) is 1.33. The van der Waals surface area contributed by atoms with Gasteiger partial charge in [-0.2, -0.15) is 15.4 Å². The van der Waals surface area contributed by atoms with Crippen LogP contribution in [0, 0.1) is 11.3 Å². The van der Waals surface area contributed by atoms with Crippen molar-refractivity contribution in [2.45, 2.75) is 6.92 Å². The van der Waals surface area contributed by atoms with Crippen LogP contribution in [0.2, 0.25) is 0 Å². The highest BCUT2D eigenvalue weighted by molar-refractivity contribution is 7.14. The molecule has 3 aromatic rings. The predicted molar refractivity (Wildman–Crippen MR) is 119 cm³/mol. The quantitative estimate of drug-likeness (QED) is 0.457. The third-order valence-corrected chi connectivity index (χ3v) is 5.50. The summed E-state index contributed by atoms with van der Waals surface area (Å²) >= 11 is 1.32. The molecule has 4 rings (SSSR count). The summed E-state index contributed by atoms with van der Waals surface area (Å²) in [5.74, 6) is -0.683. The van der Waals surface area contributed by atoms with Gasteiger partial charge in [-0.25, -0.2) is 9.78 Å². The Balaban J connectivity index is 1.56. The van der Waals surface area contributed by atoms with Gasteiger partial charge in [0.05, 0.1) is 41.3 Å². The summed E-state index contributed by atoms with van der Waals surface area (Å²) in [6, 6.07) is 16.0. The maximum Gasteiger partial charge on any atom is 0.337 e. The van der Waals surface area contributed by atoms with Crippen molar-refractivity contribution in [2.75, 3.05) is 12.1 Å². The molecule has 31 heavy (non-hydrogen) atoms. The van der Waals surface area contributed by atoms with Crippen LogP contribution < -0.4 is 5.01 Å². The van der Waals surface area contributed by atoms with Crippen molar-refractivity contribution in [2.24, 2.45) is 5.10 Å². The standard InChI is InChI=1S/C23H16N4O3S/c1-14-19(11-15-3-9-18(10-4-15)22(29)30-2)21(28)27(26-14)23-25-20(13-31-23)17-7-5-16(12-24)6-8-17/h3-11,13H,1-2H3/b19-11+. The topological polar surface area (TPSA) is 95.7 Å². The van der Waals surface area contributed by atoms with E-state index in [0.717, 1.165) is 11.1 Å². The van der Waals surface area contributed by atoms with Gasteiger partial charge >= 0.3 is 5.97 Å².